The molecule has 0 radical (unpaired) electrons. The lowest BCUT2D eigenvalue weighted by atomic mass is 9.87. The normalized spacial score (nSPS) is 21.9. The standard InChI is InChI=1S/C34H51N5O4/c1-7-39(26-8-14-42-15-9-26)32-20-29(43-28-17-27(18-28)38-12-10-37(11-13-38)22(2)3)19-30(25(32)6)33(40)35-21-31-23(4)16-24(5)36-34(31)41/h16,19-20,22,26-28H,7-15,17-18,21H2,1-6H3,(H,35,40)(H,36,41)/t27-,28+. The Kier molecular flexibility index (Phi) is 10.1. The first-order chi connectivity index (χ1) is 20.6. The predicted octanol–water partition coefficient (Wildman–Crippen LogP) is 4.17. The molecule has 1 amide bonds. The molecule has 0 unspecified atom stereocenters. The third-order valence-electron chi connectivity index (χ3n) is 9.77. The Labute approximate surface area is 256 Å². The molecule has 2 aliphatic heterocycles. The van der Waals surface area contributed by atoms with E-state index in [0.717, 1.165) is 99.9 Å². The number of aryl methyl sites for hydroxylation is 2. The van der Waals surface area contributed by atoms with Crippen molar-refractivity contribution < 1.29 is 14.3 Å². The molecule has 2 N–H and O–H groups in total. The van der Waals surface area contributed by atoms with Crippen molar-refractivity contribution in [3.63, 3.8) is 0 Å². The number of carbonyl (C=O) groups is 1. The lowest BCUT2D eigenvalue weighted by molar-refractivity contribution is -0.0101. The monoisotopic (exact) mass is 593 g/mol. The first-order valence-electron chi connectivity index (χ1n) is 16.3. The van der Waals surface area contributed by atoms with E-state index in [1.165, 1.54) is 0 Å². The Morgan fingerprint density at radius 1 is 1.09 bits per heavy atom. The van der Waals surface area contributed by atoms with Crippen LogP contribution in [0.25, 0.3) is 0 Å². The van der Waals surface area contributed by atoms with E-state index in [4.69, 9.17) is 9.47 Å². The van der Waals surface area contributed by atoms with Crippen LogP contribution < -0.4 is 20.5 Å². The van der Waals surface area contributed by atoms with Crippen molar-refractivity contribution in [2.24, 2.45) is 0 Å². The fraction of sp³-hybridized carbons (Fsp3) is 0.647. The molecule has 236 valence electrons. The van der Waals surface area contributed by atoms with E-state index in [-0.39, 0.29) is 24.1 Å². The lowest BCUT2D eigenvalue weighted by Crippen LogP contribution is -2.57. The molecular formula is C34H51N5O4. The van der Waals surface area contributed by atoms with Crippen molar-refractivity contribution >= 4 is 11.6 Å². The van der Waals surface area contributed by atoms with Gasteiger partial charge in [0.25, 0.3) is 11.5 Å². The number of H-pyrrole nitrogens is 1. The average Bonchev–Trinajstić information content (AvgIpc) is 2.96. The summed E-state index contributed by atoms with van der Waals surface area (Å²) in [7, 11) is 0. The van der Waals surface area contributed by atoms with Gasteiger partial charge in [-0.2, -0.15) is 0 Å². The van der Waals surface area contributed by atoms with Gasteiger partial charge < -0.3 is 24.7 Å². The minimum absolute atomic E-state index is 0.145. The molecule has 1 aromatic heterocycles. The van der Waals surface area contributed by atoms with Gasteiger partial charge in [-0.1, -0.05) is 0 Å². The summed E-state index contributed by atoms with van der Waals surface area (Å²) in [6, 6.07) is 7.49. The number of nitrogens with one attached hydrogen (secondary N) is 2. The Morgan fingerprint density at radius 3 is 2.42 bits per heavy atom. The summed E-state index contributed by atoms with van der Waals surface area (Å²) in [6.45, 7) is 19.5. The van der Waals surface area contributed by atoms with Gasteiger partial charge in [-0.05, 0) is 77.6 Å². The molecule has 5 rings (SSSR count). The molecule has 1 aromatic carbocycles. The number of anilines is 1. The molecule has 0 spiro atoms. The molecule has 0 bridgehead atoms. The second-order valence-corrected chi connectivity index (χ2v) is 12.9. The molecule has 2 saturated heterocycles. The van der Waals surface area contributed by atoms with E-state index in [2.05, 4.69) is 51.8 Å². The second kappa shape index (κ2) is 13.8. The number of nitrogens with zero attached hydrogens (tertiary/aromatic N) is 3. The van der Waals surface area contributed by atoms with E-state index in [9.17, 15) is 9.59 Å². The molecule has 1 aliphatic carbocycles. The number of pyridine rings is 1. The highest BCUT2D eigenvalue weighted by Gasteiger charge is 2.37. The highest BCUT2D eigenvalue weighted by molar-refractivity contribution is 5.97. The average molecular weight is 594 g/mol. The number of piperazine rings is 1. The van der Waals surface area contributed by atoms with Crippen LogP contribution in [0.2, 0.25) is 0 Å². The van der Waals surface area contributed by atoms with Crippen LogP contribution >= 0.6 is 0 Å². The summed E-state index contributed by atoms with van der Waals surface area (Å²) < 4.78 is 12.2. The molecule has 1 saturated carbocycles. The van der Waals surface area contributed by atoms with Gasteiger partial charge in [-0.25, -0.2) is 0 Å². The van der Waals surface area contributed by atoms with E-state index < -0.39 is 0 Å². The summed E-state index contributed by atoms with van der Waals surface area (Å²) in [6.07, 6.45) is 4.10. The summed E-state index contributed by atoms with van der Waals surface area (Å²) in [5.41, 5.74) is 4.68. The number of carbonyl (C=O) groups excluding carboxylic acids is 1. The van der Waals surface area contributed by atoms with Crippen molar-refractivity contribution in [1.29, 1.82) is 0 Å². The Hall–Kier alpha value is -2.88. The molecule has 9 heteroatoms. The van der Waals surface area contributed by atoms with Crippen molar-refractivity contribution in [2.45, 2.75) is 98.0 Å². The summed E-state index contributed by atoms with van der Waals surface area (Å²) in [5, 5.41) is 3.03. The number of benzene rings is 1. The molecule has 3 heterocycles. The maximum absolute atomic E-state index is 13.7. The van der Waals surface area contributed by atoms with Gasteiger partial charge in [-0.3, -0.25) is 19.4 Å². The summed E-state index contributed by atoms with van der Waals surface area (Å²) >= 11 is 0. The van der Waals surface area contributed by atoms with Crippen LogP contribution in [-0.2, 0) is 11.3 Å². The first kappa shape index (κ1) is 31.5. The van der Waals surface area contributed by atoms with E-state index in [1.54, 1.807) is 0 Å². The third kappa shape index (κ3) is 7.27. The van der Waals surface area contributed by atoms with E-state index in [1.807, 2.05) is 32.9 Å². The van der Waals surface area contributed by atoms with Crippen molar-refractivity contribution in [3.8, 4) is 5.75 Å². The topological polar surface area (TPSA) is 90.1 Å². The molecule has 0 atom stereocenters. The van der Waals surface area contributed by atoms with E-state index >= 15 is 0 Å². The number of hydrogen-bond acceptors (Lipinski definition) is 7. The van der Waals surface area contributed by atoms with Crippen LogP contribution in [0.3, 0.4) is 0 Å². The smallest absolute Gasteiger partial charge is 0.253 e. The minimum atomic E-state index is -0.193. The molecular weight excluding hydrogens is 542 g/mol. The van der Waals surface area contributed by atoms with Crippen LogP contribution in [0.4, 0.5) is 5.69 Å². The van der Waals surface area contributed by atoms with Gasteiger partial charge in [0.2, 0.25) is 0 Å². The Balaban J connectivity index is 1.33. The maximum Gasteiger partial charge on any atom is 0.253 e. The predicted molar refractivity (Wildman–Crippen MR) is 171 cm³/mol. The lowest BCUT2D eigenvalue weighted by Gasteiger charge is -2.47. The molecule has 2 aromatic rings. The van der Waals surface area contributed by atoms with Crippen molar-refractivity contribution in [3.05, 3.63) is 56.5 Å². The molecule has 3 fully saturated rings. The molecule has 43 heavy (non-hydrogen) atoms. The first-order valence-corrected chi connectivity index (χ1v) is 16.3. The van der Waals surface area contributed by atoms with Crippen LogP contribution in [0, 0.1) is 20.8 Å². The van der Waals surface area contributed by atoms with Crippen LogP contribution in [0.1, 0.15) is 79.2 Å². The van der Waals surface area contributed by atoms with Gasteiger partial charge in [-0.15, -0.1) is 0 Å². The van der Waals surface area contributed by atoms with Crippen LogP contribution in [0.15, 0.2) is 23.0 Å². The largest absolute Gasteiger partial charge is 0.490 e. The quantitative estimate of drug-likeness (QED) is 0.428. The van der Waals surface area contributed by atoms with E-state index in [0.29, 0.717) is 29.3 Å². The summed E-state index contributed by atoms with van der Waals surface area (Å²) in [5.74, 6) is 0.551. The Morgan fingerprint density at radius 2 is 1.79 bits per heavy atom. The Bertz CT molecular complexity index is 1320. The highest BCUT2D eigenvalue weighted by atomic mass is 16.5. The fourth-order valence-corrected chi connectivity index (χ4v) is 7.01. The van der Waals surface area contributed by atoms with Crippen LogP contribution in [0.5, 0.6) is 5.75 Å². The summed E-state index contributed by atoms with van der Waals surface area (Å²) in [4.78, 5) is 36.7. The zero-order valence-electron chi connectivity index (χ0n) is 27.0. The number of hydrogen-bond donors (Lipinski definition) is 2. The number of ether oxygens (including phenoxy) is 2. The highest BCUT2D eigenvalue weighted by Crippen LogP contribution is 2.36. The molecule has 9 nitrogen and oxygen atoms in total. The van der Waals surface area contributed by atoms with Gasteiger partial charge in [0.05, 0.1) is 0 Å². The van der Waals surface area contributed by atoms with Crippen LogP contribution in [-0.4, -0.2) is 90.9 Å². The fourth-order valence-electron chi connectivity index (χ4n) is 7.01. The molecule has 3 aliphatic rings. The SMILES string of the molecule is CCN(c1cc(O[C@H]2C[C@@H](N3CCN(C(C)C)CC3)C2)cc(C(=O)NCc2c(C)cc(C)[nH]c2=O)c1C)C1CCOCC1. The second-order valence-electron chi connectivity index (χ2n) is 12.9. The number of amides is 1. The zero-order valence-corrected chi connectivity index (χ0v) is 27.0. The van der Waals surface area contributed by atoms with Gasteiger partial charge in [0.1, 0.15) is 11.9 Å². The third-order valence-corrected chi connectivity index (χ3v) is 9.77. The minimum Gasteiger partial charge on any atom is -0.490 e. The number of aromatic amines is 1. The number of rotatable bonds is 10. The van der Waals surface area contributed by atoms with Gasteiger partial charge >= 0.3 is 0 Å². The zero-order chi connectivity index (χ0) is 30.7. The van der Waals surface area contributed by atoms with Gasteiger partial charge in [0.15, 0.2) is 0 Å². The van der Waals surface area contributed by atoms with Crippen molar-refractivity contribution in [2.75, 3.05) is 50.8 Å². The number of aromatic nitrogens is 1. The van der Waals surface area contributed by atoms with Crippen molar-refractivity contribution in [1.82, 2.24) is 20.1 Å². The maximum atomic E-state index is 13.7. The van der Waals surface area contributed by atoms with Gasteiger partial charge in [0, 0.05) is 112 Å².